The van der Waals surface area contributed by atoms with Gasteiger partial charge in [-0.1, -0.05) is 6.92 Å². The molecule has 1 saturated heterocycles. The number of carbonyl (C=O) groups is 2. The number of hydrogen-bond acceptors (Lipinski definition) is 7. The molecule has 0 aromatic heterocycles. The Kier molecular flexibility index (Phi) is 7.06. The molecule has 0 unspecified atom stereocenters. The van der Waals surface area contributed by atoms with Crippen LogP contribution >= 0.6 is 0 Å². The molecule has 1 amide bonds. The molecular weight excluding hydrogens is 374 g/mol. The Morgan fingerprint density at radius 3 is 2.44 bits per heavy atom. The van der Waals surface area contributed by atoms with Crippen molar-refractivity contribution >= 4 is 21.7 Å². The highest BCUT2D eigenvalue weighted by atomic mass is 32.2. The quantitative estimate of drug-likeness (QED) is 0.607. The monoisotopic (exact) mass is 399 g/mol. The van der Waals surface area contributed by atoms with Crippen LogP contribution in [0.1, 0.15) is 30.1 Å². The van der Waals surface area contributed by atoms with E-state index in [1.54, 1.807) is 6.07 Å². The summed E-state index contributed by atoms with van der Waals surface area (Å²) in [5, 5.41) is 0. The minimum absolute atomic E-state index is 0.0393. The minimum atomic E-state index is -3.11. The van der Waals surface area contributed by atoms with Crippen LogP contribution in [0.3, 0.4) is 0 Å². The molecule has 9 heteroatoms. The fourth-order valence-electron chi connectivity index (χ4n) is 3.03. The molecule has 1 atom stereocenters. The Hall–Kier alpha value is -2.29. The van der Waals surface area contributed by atoms with Gasteiger partial charge in [-0.25, -0.2) is 13.2 Å². The summed E-state index contributed by atoms with van der Waals surface area (Å²) in [4.78, 5) is 26.2. The summed E-state index contributed by atoms with van der Waals surface area (Å²) in [7, 11) is -0.169. The summed E-state index contributed by atoms with van der Waals surface area (Å²) in [6.45, 7) is 1.88. The van der Waals surface area contributed by atoms with Crippen molar-refractivity contribution in [2.75, 3.05) is 38.9 Å². The van der Waals surface area contributed by atoms with Gasteiger partial charge in [0.1, 0.15) is 0 Å². The molecule has 0 bridgehead atoms. The summed E-state index contributed by atoms with van der Waals surface area (Å²) < 4.78 is 38.8. The summed E-state index contributed by atoms with van der Waals surface area (Å²) >= 11 is 0. The van der Waals surface area contributed by atoms with Crippen molar-refractivity contribution in [2.45, 2.75) is 25.8 Å². The molecule has 1 aromatic rings. The fourth-order valence-corrected chi connectivity index (χ4v) is 4.76. The molecule has 1 fully saturated rings. The van der Waals surface area contributed by atoms with E-state index in [0.717, 1.165) is 0 Å². The van der Waals surface area contributed by atoms with Gasteiger partial charge in [-0.15, -0.1) is 0 Å². The van der Waals surface area contributed by atoms with E-state index >= 15 is 0 Å². The summed E-state index contributed by atoms with van der Waals surface area (Å²) in [5.41, 5.74) is 0.228. The van der Waals surface area contributed by atoms with Gasteiger partial charge in [-0.2, -0.15) is 0 Å². The third-order valence-corrected chi connectivity index (χ3v) is 6.13. The summed E-state index contributed by atoms with van der Waals surface area (Å²) in [6.07, 6.45) is 1.10. The Labute approximate surface area is 159 Å². The van der Waals surface area contributed by atoms with Crippen LogP contribution in [0.5, 0.6) is 11.5 Å². The van der Waals surface area contributed by atoms with Gasteiger partial charge in [0, 0.05) is 12.6 Å². The second kappa shape index (κ2) is 9.07. The highest BCUT2D eigenvalue weighted by Crippen LogP contribution is 2.27. The predicted molar refractivity (Wildman–Crippen MR) is 98.9 cm³/mol. The van der Waals surface area contributed by atoms with Crippen molar-refractivity contribution < 1.29 is 32.2 Å². The van der Waals surface area contributed by atoms with Crippen LogP contribution in [0.2, 0.25) is 0 Å². The molecule has 1 aliphatic rings. The SMILES string of the molecule is CCCN(C(=O)COC(=O)c1ccc(OC)c(OC)c1)[C@@H]1CCS(=O)(=O)C1. The number of methoxy groups -OCH3 is 2. The first-order chi connectivity index (χ1) is 12.8. The Bertz CT molecular complexity index is 791. The fraction of sp³-hybridized carbons (Fsp3) is 0.556. The molecule has 0 radical (unpaired) electrons. The zero-order valence-electron chi connectivity index (χ0n) is 15.8. The minimum Gasteiger partial charge on any atom is -0.493 e. The third kappa shape index (κ3) is 5.35. The van der Waals surface area contributed by atoms with Gasteiger partial charge in [-0.3, -0.25) is 4.79 Å². The Balaban J connectivity index is 2.01. The number of amides is 1. The zero-order chi connectivity index (χ0) is 20.0. The predicted octanol–water partition coefficient (Wildman–Crippen LogP) is 1.29. The molecule has 150 valence electrons. The first-order valence-electron chi connectivity index (χ1n) is 8.70. The first kappa shape index (κ1) is 21.0. The third-order valence-electron chi connectivity index (χ3n) is 4.38. The van der Waals surface area contributed by atoms with Crippen molar-refractivity contribution in [3.63, 3.8) is 0 Å². The molecule has 0 aliphatic carbocycles. The van der Waals surface area contributed by atoms with E-state index in [9.17, 15) is 18.0 Å². The van der Waals surface area contributed by atoms with Crippen molar-refractivity contribution in [3.8, 4) is 11.5 Å². The number of benzene rings is 1. The van der Waals surface area contributed by atoms with Gasteiger partial charge in [0.05, 0.1) is 31.3 Å². The van der Waals surface area contributed by atoms with Crippen LogP contribution in [0.15, 0.2) is 18.2 Å². The standard InChI is InChI=1S/C18H25NO7S/c1-4-8-19(14-7-9-27(22,23)12-14)17(20)11-26-18(21)13-5-6-15(24-2)16(10-13)25-3/h5-6,10,14H,4,7-9,11-12H2,1-3H3/t14-/m1/s1. The van der Waals surface area contributed by atoms with Gasteiger partial charge < -0.3 is 19.1 Å². The van der Waals surface area contributed by atoms with Crippen LogP contribution < -0.4 is 9.47 Å². The van der Waals surface area contributed by atoms with Gasteiger partial charge in [0.2, 0.25) is 0 Å². The van der Waals surface area contributed by atoms with E-state index < -0.39 is 28.3 Å². The molecule has 1 aromatic carbocycles. The van der Waals surface area contributed by atoms with Crippen molar-refractivity contribution in [3.05, 3.63) is 23.8 Å². The number of rotatable bonds is 8. The average Bonchev–Trinajstić information content (AvgIpc) is 3.02. The largest absolute Gasteiger partial charge is 0.493 e. The van der Waals surface area contributed by atoms with E-state index in [2.05, 4.69) is 0 Å². The smallest absolute Gasteiger partial charge is 0.338 e. The Morgan fingerprint density at radius 1 is 1.19 bits per heavy atom. The molecule has 1 aliphatic heterocycles. The lowest BCUT2D eigenvalue weighted by Crippen LogP contribution is -2.43. The van der Waals surface area contributed by atoms with Crippen LogP contribution in [0.25, 0.3) is 0 Å². The maximum Gasteiger partial charge on any atom is 0.338 e. The molecule has 0 spiro atoms. The number of ether oxygens (including phenoxy) is 3. The molecule has 0 saturated carbocycles. The normalized spacial score (nSPS) is 18.0. The van der Waals surface area contributed by atoms with Crippen molar-refractivity contribution in [1.82, 2.24) is 4.90 Å². The first-order valence-corrected chi connectivity index (χ1v) is 10.5. The van der Waals surface area contributed by atoms with E-state index in [0.29, 0.717) is 30.9 Å². The zero-order valence-corrected chi connectivity index (χ0v) is 16.6. The van der Waals surface area contributed by atoms with Gasteiger partial charge >= 0.3 is 5.97 Å². The molecule has 0 N–H and O–H groups in total. The number of esters is 1. The van der Waals surface area contributed by atoms with Crippen molar-refractivity contribution in [2.24, 2.45) is 0 Å². The van der Waals surface area contributed by atoms with Crippen LogP contribution in [-0.4, -0.2) is 70.1 Å². The van der Waals surface area contributed by atoms with Crippen LogP contribution in [0, 0.1) is 0 Å². The molecule has 1 heterocycles. The molecule has 27 heavy (non-hydrogen) atoms. The summed E-state index contributed by atoms with van der Waals surface area (Å²) in [5.74, 6) is -0.171. The lowest BCUT2D eigenvalue weighted by Gasteiger charge is -2.27. The van der Waals surface area contributed by atoms with E-state index in [1.165, 1.54) is 31.3 Å². The van der Waals surface area contributed by atoms with Gasteiger partial charge in [0.25, 0.3) is 5.91 Å². The number of sulfone groups is 1. The Morgan fingerprint density at radius 2 is 1.89 bits per heavy atom. The maximum atomic E-state index is 12.5. The van der Waals surface area contributed by atoms with Crippen LogP contribution in [0.4, 0.5) is 0 Å². The second-order valence-corrected chi connectivity index (χ2v) is 8.52. The number of nitrogens with zero attached hydrogens (tertiary/aromatic N) is 1. The lowest BCUT2D eigenvalue weighted by molar-refractivity contribution is -0.136. The second-order valence-electron chi connectivity index (χ2n) is 6.29. The number of carbonyl (C=O) groups excluding carboxylic acids is 2. The molecule has 2 rings (SSSR count). The van der Waals surface area contributed by atoms with E-state index in [-0.39, 0.29) is 23.1 Å². The highest BCUT2D eigenvalue weighted by Gasteiger charge is 2.34. The maximum absolute atomic E-state index is 12.5. The van der Waals surface area contributed by atoms with E-state index in [4.69, 9.17) is 14.2 Å². The van der Waals surface area contributed by atoms with Gasteiger partial charge in [-0.05, 0) is 31.0 Å². The van der Waals surface area contributed by atoms with E-state index in [1.807, 2.05) is 6.92 Å². The molecule has 8 nitrogen and oxygen atoms in total. The topological polar surface area (TPSA) is 99.2 Å². The number of hydrogen-bond donors (Lipinski definition) is 0. The van der Waals surface area contributed by atoms with Crippen LogP contribution in [-0.2, 0) is 19.4 Å². The van der Waals surface area contributed by atoms with Gasteiger partial charge in [0.15, 0.2) is 27.9 Å². The highest BCUT2D eigenvalue weighted by molar-refractivity contribution is 7.91. The lowest BCUT2D eigenvalue weighted by atomic mass is 10.2. The molecular formula is C18H25NO7S. The van der Waals surface area contributed by atoms with Crippen molar-refractivity contribution in [1.29, 1.82) is 0 Å². The summed E-state index contributed by atoms with van der Waals surface area (Å²) in [6, 6.07) is 4.20. The average molecular weight is 399 g/mol.